The molecule has 2 aromatic heterocycles. The number of halogens is 2. The molecule has 192 valence electrons. The minimum Gasteiger partial charge on any atom is -0.336 e. The fraction of sp³-hybridized carbons (Fsp3) is 0.138. The second kappa shape index (κ2) is 11.1. The highest BCUT2D eigenvalue weighted by Crippen LogP contribution is 2.26. The first-order valence-electron chi connectivity index (χ1n) is 12.1. The van der Waals surface area contributed by atoms with Crippen LogP contribution in [-0.2, 0) is 20.1 Å². The highest BCUT2D eigenvalue weighted by atomic mass is 19.1. The first kappa shape index (κ1) is 24.9. The second-order valence-corrected chi connectivity index (χ2v) is 8.91. The van der Waals surface area contributed by atoms with Crippen LogP contribution < -0.4 is 10.6 Å². The second-order valence-electron chi connectivity index (χ2n) is 8.91. The first-order valence-corrected chi connectivity index (χ1v) is 12.1. The number of carbonyl (C=O) groups is 1. The third-order valence-electron chi connectivity index (χ3n) is 6.31. The normalized spacial score (nSPS) is 11.8. The van der Waals surface area contributed by atoms with Crippen LogP contribution in [-0.4, -0.2) is 25.1 Å². The largest absolute Gasteiger partial charge is 0.336 e. The van der Waals surface area contributed by atoms with Crippen molar-refractivity contribution in [1.29, 1.82) is 0 Å². The standard InChI is InChI=1S/C29H26F2N6O/c1-36-14-13-33-28(36)27(25-11-10-23(30)16-26(25)31)35-29(38)34-17-22-4-2-3-5-24(22)21-8-6-20(7-9-21)18-37-15-12-32-19-37/h2-16,19,27H,17-18H2,1H3,(H2,34,35,38). The summed E-state index contributed by atoms with van der Waals surface area (Å²) in [5, 5.41) is 5.66. The van der Waals surface area contributed by atoms with E-state index in [1.54, 1.807) is 36.5 Å². The van der Waals surface area contributed by atoms with Gasteiger partial charge in [0.2, 0.25) is 0 Å². The summed E-state index contributed by atoms with van der Waals surface area (Å²) in [6, 6.07) is 17.9. The molecule has 0 fully saturated rings. The van der Waals surface area contributed by atoms with E-state index in [4.69, 9.17) is 0 Å². The van der Waals surface area contributed by atoms with Crippen LogP contribution in [0.1, 0.15) is 28.6 Å². The van der Waals surface area contributed by atoms with Gasteiger partial charge in [0, 0.05) is 56.6 Å². The van der Waals surface area contributed by atoms with Gasteiger partial charge in [-0.1, -0.05) is 54.6 Å². The lowest BCUT2D eigenvalue weighted by Gasteiger charge is -2.20. The number of nitrogens with one attached hydrogen (secondary N) is 2. The number of hydrogen-bond donors (Lipinski definition) is 2. The number of amides is 2. The molecule has 9 heteroatoms. The summed E-state index contributed by atoms with van der Waals surface area (Å²) >= 11 is 0. The molecule has 5 aromatic rings. The molecule has 0 spiro atoms. The van der Waals surface area contributed by atoms with Crippen molar-refractivity contribution in [2.75, 3.05) is 0 Å². The van der Waals surface area contributed by atoms with Crippen molar-refractivity contribution < 1.29 is 13.6 Å². The lowest BCUT2D eigenvalue weighted by molar-refractivity contribution is 0.237. The predicted molar refractivity (Wildman–Crippen MR) is 140 cm³/mol. The van der Waals surface area contributed by atoms with Crippen molar-refractivity contribution >= 4 is 6.03 Å². The number of aryl methyl sites for hydroxylation is 1. The Bertz CT molecular complexity index is 1530. The molecule has 2 amide bonds. The minimum atomic E-state index is -0.908. The third-order valence-corrected chi connectivity index (χ3v) is 6.31. The molecule has 2 N–H and O–H groups in total. The molecule has 0 saturated carbocycles. The molecule has 0 aliphatic rings. The van der Waals surface area contributed by atoms with Crippen molar-refractivity contribution in [3.63, 3.8) is 0 Å². The summed E-state index contributed by atoms with van der Waals surface area (Å²) in [7, 11) is 1.74. The average Bonchev–Trinajstić information content (AvgIpc) is 3.59. The molecule has 3 aromatic carbocycles. The summed E-state index contributed by atoms with van der Waals surface area (Å²) in [6.07, 6.45) is 8.70. The van der Waals surface area contributed by atoms with E-state index in [1.807, 2.05) is 35.0 Å². The quantitative estimate of drug-likeness (QED) is 0.300. The number of carbonyl (C=O) groups excluding carboxylic acids is 1. The maximum Gasteiger partial charge on any atom is 0.315 e. The number of imidazole rings is 2. The van der Waals surface area contributed by atoms with E-state index in [9.17, 15) is 13.6 Å². The smallest absolute Gasteiger partial charge is 0.315 e. The Kier molecular flexibility index (Phi) is 7.26. The van der Waals surface area contributed by atoms with E-state index < -0.39 is 23.7 Å². The van der Waals surface area contributed by atoms with Gasteiger partial charge in [-0.05, 0) is 28.3 Å². The molecule has 2 heterocycles. The van der Waals surface area contributed by atoms with E-state index >= 15 is 0 Å². The summed E-state index contributed by atoms with van der Waals surface area (Å²) in [6.45, 7) is 0.980. The van der Waals surface area contributed by atoms with E-state index in [0.29, 0.717) is 5.82 Å². The molecule has 0 bridgehead atoms. The average molecular weight is 513 g/mol. The Hall–Kier alpha value is -4.79. The molecule has 0 saturated heterocycles. The van der Waals surface area contributed by atoms with E-state index in [0.717, 1.165) is 40.9 Å². The van der Waals surface area contributed by atoms with Crippen LogP contribution in [0.4, 0.5) is 13.6 Å². The summed E-state index contributed by atoms with van der Waals surface area (Å²) in [4.78, 5) is 21.3. The van der Waals surface area contributed by atoms with Gasteiger partial charge in [-0.3, -0.25) is 0 Å². The van der Waals surface area contributed by atoms with Crippen molar-refractivity contribution in [2.24, 2.45) is 7.05 Å². The van der Waals surface area contributed by atoms with Crippen LogP contribution in [0.2, 0.25) is 0 Å². The zero-order chi connectivity index (χ0) is 26.5. The predicted octanol–water partition coefficient (Wildman–Crippen LogP) is 5.20. The van der Waals surface area contributed by atoms with Crippen LogP contribution in [0.25, 0.3) is 11.1 Å². The molecule has 5 rings (SSSR count). The van der Waals surface area contributed by atoms with Crippen molar-refractivity contribution in [2.45, 2.75) is 19.1 Å². The van der Waals surface area contributed by atoms with E-state index in [2.05, 4.69) is 44.9 Å². The van der Waals surface area contributed by atoms with Crippen molar-refractivity contribution in [3.05, 3.63) is 132 Å². The molecule has 0 aliphatic carbocycles. The maximum atomic E-state index is 14.6. The Morgan fingerprint density at radius 1 is 1.00 bits per heavy atom. The fourth-order valence-electron chi connectivity index (χ4n) is 4.37. The Labute approximate surface area is 218 Å². The van der Waals surface area contributed by atoms with Gasteiger partial charge in [0.05, 0.1) is 6.33 Å². The van der Waals surface area contributed by atoms with Crippen LogP contribution in [0.15, 0.2) is 97.8 Å². The lowest BCUT2D eigenvalue weighted by atomic mass is 9.98. The highest BCUT2D eigenvalue weighted by molar-refractivity contribution is 5.76. The zero-order valence-electron chi connectivity index (χ0n) is 20.7. The Morgan fingerprint density at radius 3 is 2.53 bits per heavy atom. The summed E-state index contributed by atoms with van der Waals surface area (Å²) < 4.78 is 31.9. The molecular formula is C29H26F2N6O. The monoisotopic (exact) mass is 512 g/mol. The highest BCUT2D eigenvalue weighted by Gasteiger charge is 2.24. The van der Waals surface area contributed by atoms with Crippen molar-refractivity contribution in [3.8, 4) is 11.1 Å². The van der Waals surface area contributed by atoms with Gasteiger partial charge in [-0.2, -0.15) is 0 Å². The minimum absolute atomic E-state index is 0.118. The number of aromatic nitrogens is 4. The molecule has 7 nitrogen and oxygen atoms in total. The fourth-order valence-corrected chi connectivity index (χ4v) is 4.37. The van der Waals surface area contributed by atoms with E-state index in [1.165, 1.54) is 6.07 Å². The number of benzene rings is 3. The van der Waals surface area contributed by atoms with Gasteiger partial charge in [0.1, 0.15) is 23.5 Å². The van der Waals surface area contributed by atoms with E-state index in [-0.39, 0.29) is 12.1 Å². The van der Waals surface area contributed by atoms with Crippen LogP contribution in [0.3, 0.4) is 0 Å². The SMILES string of the molecule is Cn1ccnc1C(NC(=O)NCc1ccccc1-c1ccc(Cn2ccnc2)cc1)c1ccc(F)cc1F. The van der Waals surface area contributed by atoms with Gasteiger partial charge in [-0.25, -0.2) is 23.5 Å². The molecule has 38 heavy (non-hydrogen) atoms. The number of nitrogens with zero attached hydrogens (tertiary/aromatic N) is 4. The molecule has 1 unspecified atom stereocenters. The molecule has 0 radical (unpaired) electrons. The van der Waals surface area contributed by atoms with Gasteiger partial charge < -0.3 is 19.8 Å². The maximum absolute atomic E-state index is 14.6. The zero-order valence-corrected chi connectivity index (χ0v) is 20.7. The topological polar surface area (TPSA) is 76.8 Å². The molecule has 0 aliphatic heterocycles. The Morgan fingerprint density at radius 2 is 1.82 bits per heavy atom. The van der Waals surface area contributed by atoms with Gasteiger partial charge in [-0.15, -0.1) is 0 Å². The van der Waals surface area contributed by atoms with Crippen molar-refractivity contribution in [1.82, 2.24) is 29.7 Å². The van der Waals surface area contributed by atoms with Crippen LogP contribution in [0, 0.1) is 11.6 Å². The number of hydrogen-bond acceptors (Lipinski definition) is 3. The van der Waals surface area contributed by atoms with Gasteiger partial charge in [0.25, 0.3) is 0 Å². The molecule has 1 atom stereocenters. The van der Waals surface area contributed by atoms with Gasteiger partial charge in [0.15, 0.2) is 0 Å². The summed E-state index contributed by atoms with van der Waals surface area (Å²) in [5.41, 5.74) is 4.21. The Balaban J connectivity index is 1.30. The number of rotatable bonds is 8. The molecular weight excluding hydrogens is 486 g/mol. The van der Waals surface area contributed by atoms with Crippen LogP contribution >= 0.6 is 0 Å². The summed E-state index contributed by atoms with van der Waals surface area (Å²) in [5.74, 6) is -1.04. The number of urea groups is 1. The third kappa shape index (κ3) is 5.62. The first-order chi connectivity index (χ1) is 18.5. The van der Waals surface area contributed by atoms with Gasteiger partial charge >= 0.3 is 6.03 Å². The van der Waals surface area contributed by atoms with Crippen LogP contribution in [0.5, 0.6) is 0 Å². The lowest BCUT2D eigenvalue weighted by Crippen LogP contribution is -2.39.